The van der Waals surface area contributed by atoms with Crippen LogP contribution < -0.4 is 10.6 Å². The molecule has 0 amide bonds. The van der Waals surface area contributed by atoms with E-state index in [-0.39, 0.29) is 5.82 Å². The summed E-state index contributed by atoms with van der Waals surface area (Å²) in [5.41, 5.74) is 9.28. The number of benzene rings is 2. The van der Waals surface area contributed by atoms with E-state index < -0.39 is 0 Å². The minimum absolute atomic E-state index is 0.215. The van der Waals surface area contributed by atoms with Crippen molar-refractivity contribution in [1.82, 2.24) is 0 Å². The van der Waals surface area contributed by atoms with Crippen molar-refractivity contribution in [3.05, 3.63) is 65.0 Å². The molecule has 0 spiro atoms. The fourth-order valence-corrected chi connectivity index (χ4v) is 2.26. The second kappa shape index (κ2) is 6.01. The summed E-state index contributed by atoms with van der Waals surface area (Å²) in [4.78, 5) is 2.28. The Balaban J connectivity index is 2.22. The molecule has 0 bridgehead atoms. The third-order valence-electron chi connectivity index (χ3n) is 3.30. The first kappa shape index (κ1) is 14.5. The average molecular weight is 288 g/mol. The van der Waals surface area contributed by atoms with E-state index in [1.807, 2.05) is 43.1 Å². The molecule has 0 aliphatic heterocycles. The van der Waals surface area contributed by atoms with Gasteiger partial charge in [0.2, 0.25) is 0 Å². The van der Waals surface area contributed by atoms with Gasteiger partial charge in [-0.2, -0.15) is 0 Å². The highest BCUT2D eigenvalue weighted by molar-refractivity contribution is 7.80. The maximum Gasteiger partial charge on any atom is 0.146 e. The minimum Gasteiger partial charge on any atom is -0.389 e. The number of nitrogens with zero attached hydrogens (tertiary/aromatic N) is 1. The van der Waals surface area contributed by atoms with Gasteiger partial charge in [0.05, 0.1) is 5.69 Å². The molecule has 0 atom stereocenters. The van der Waals surface area contributed by atoms with Crippen LogP contribution in [-0.4, -0.2) is 12.0 Å². The van der Waals surface area contributed by atoms with E-state index in [2.05, 4.69) is 0 Å². The third kappa shape index (κ3) is 3.14. The third-order valence-corrected chi connectivity index (χ3v) is 3.53. The van der Waals surface area contributed by atoms with E-state index in [9.17, 15) is 4.39 Å². The molecule has 20 heavy (non-hydrogen) atoms. The summed E-state index contributed by atoms with van der Waals surface area (Å²) in [6.45, 7) is 2.64. The molecule has 0 aliphatic carbocycles. The van der Waals surface area contributed by atoms with Crippen LogP contribution in [0.1, 0.15) is 16.7 Å². The molecule has 2 rings (SSSR count). The molecular formula is C16H17FN2S. The summed E-state index contributed by atoms with van der Waals surface area (Å²) < 4.78 is 13.7. The van der Waals surface area contributed by atoms with Crippen LogP contribution in [0.15, 0.2) is 42.5 Å². The van der Waals surface area contributed by atoms with Gasteiger partial charge in [0.15, 0.2) is 0 Å². The van der Waals surface area contributed by atoms with E-state index in [1.165, 1.54) is 6.07 Å². The van der Waals surface area contributed by atoms with E-state index in [4.69, 9.17) is 18.0 Å². The lowest BCUT2D eigenvalue weighted by Crippen LogP contribution is -2.18. The highest BCUT2D eigenvalue weighted by Gasteiger charge is 2.09. The molecule has 0 saturated heterocycles. The number of thiocarbonyl (C=S) groups is 1. The van der Waals surface area contributed by atoms with Crippen LogP contribution in [-0.2, 0) is 6.54 Å². The Morgan fingerprint density at radius 1 is 1.25 bits per heavy atom. The molecule has 2 aromatic carbocycles. The van der Waals surface area contributed by atoms with Gasteiger partial charge in [-0.3, -0.25) is 0 Å². The molecule has 2 N–H and O–H groups in total. The maximum absolute atomic E-state index is 13.7. The lowest BCUT2D eigenvalue weighted by atomic mass is 10.0. The molecule has 0 unspecified atom stereocenters. The van der Waals surface area contributed by atoms with E-state index in [0.29, 0.717) is 17.2 Å². The van der Waals surface area contributed by atoms with Crippen molar-refractivity contribution in [2.45, 2.75) is 13.5 Å². The van der Waals surface area contributed by atoms with Gasteiger partial charge in [-0.15, -0.1) is 0 Å². The molecular weight excluding hydrogens is 271 g/mol. The zero-order valence-electron chi connectivity index (χ0n) is 11.6. The Labute approximate surface area is 124 Å². The molecule has 2 nitrogen and oxygen atoms in total. The number of rotatable bonds is 4. The van der Waals surface area contributed by atoms with Gasteiger partial charge in [-0.25, -0.2) is 4.39 Å². The monoisotopic (exact) mass is 288 g/mol. The zero-order valence-corrected chi connectivity index (χ0v) is 12.4. The Morgan fingerprint density at radius 2 is 1.95 bits per heavy atom. The van der Waals surface area contributed by atoms with Crippen LogP contribution in [0.4, 0.5) is 10.1 Å². The van der Waals surface area contributed by atoms with Crippen molar-refractivity contribution < 1.29 is 4.39 Å². The molecule has 0 aromatic heterocycles. The highest BCUT2D eigenvalue weighted by Crippen LogP contribution is 2.21. The largest absolute Gasteiger partial charge is 0.389 e. The van der Waals surface area contributed by atoms with Crippen LogP contribution in [0.2, 0.25) is 0 Å². The predicted molar refractivity (Wildman–Crippen MR) is 85.6 cm³/mol. The molecule has 0 radical (unpaired) electrons. The smallest absolute Gasteiger partial charge is 0.146 e. The summed E-state index contributed by atoms with van der Waals surface area (Å²) in [6.07, 6.45) is 0. The van der Waals surface area contributed by atoms with Crippen molar-refractivity contribution in [3.8, 4) is 0 Å². The van der Waals surface area contributed by atoms with E-state index in [1.54, 1.807) is 12.1 Å². The molecule has 0 heterocycles. The topological polar surface area (TPSA) is 29.3 Å². The molecule has 0 aliphatic rings. The summed E-state index contributed by atoms with van der Waals surface area (Å²) >= 11 is 4.96. The molecule has 2 aromatic rings. The van der Waals surface area contributed by atoms with Gasteiger partial charge in [-0.05, 0) is 36.2 Å². The number of aryl methyl sites for hydroxylation is 1. The van der Waals surface area contributed by atoms with Gasteiger partial charge in [0.25, 0.3) is 0 Å². The van der Waals surface area contributed by atoms with Gasteiger partial charge < -0.3 is 10.6 Å². The second-order valence-electron chi connectivity index (χ2n) is 4.81. The molecule has 104 valence electrons. The number of nitrogens with two attached hydrogens (primary N) is 1. The first-order chi connectivity index (χ1) is 9.49. The summed E-state index contributed by atoms with van der Waals surface area (Å²) in [5, 5.41) is 0. The van der Waals surface area contributed by atoms with Crippen LogP contribution in [0, 0.1) is 12.7 Å². The van der Waals surface area contributed by atoms with E-state index in [0.717, 1.165) is 16.7 Å². The van der Waals surface area contributed by atoms with Gasteiger partial charge >= 0.3 is 0 Å². The number of anilines is 1. The average Bonchev–Trinajstić information content (AvgIpc) is 2.41. The Bertz CT molecular complexity index is 640. The lowest BCUT2D eigenvalue weighted by Gasteiger charge is -2.21. The van der Waals surface area contributed by atoms with Crippen molar-refractivity contribution in [2.75, 3.05) is 11.9 Å². The van der Waals surface area contributed by atoms with Crippen LogP contribution in [0.5, 0.6) is 0 Å². The van der Waals surface area contributed by atoms with Gasteiger partial charge in [0.1, 0.15) is 10.8 Å². The first-order valence-corrected chi connectivity index (χ1v) is 6.75. The van der Waals surface area contributed by atoms with Crippen molar-refractivity contribution in [2.24, 2.45) is 5.73 Å². The fourth-order valence-electron chi connectivity index (χ4n) is 2.13. The Hall–Kier alpha value is -1.94. The fraction of sp³-hybridized carbons (Fsp3) is 0.188. The van der Waals surface area contributed by atoms with Crippen molar-refractivity contribution in [3.63, 3.8) is 0 Å². The lowest BCUT2D eigenvalue weighted by molar-refractivity contribution is 0.622. The first-order valence-electron chi connectivity index (χ1n) is 6.34. The summed E-state index contributed by atoms with van der Waals surface area (Å²) in [5.74, 6) is -0.215. The summed E-state index contributed by atoms with van der Waals surface area (Å²) in [7, 11) is 1.87. The van der Waals surface area contributed by atoms with Crippen LogP contribution in [0.3, 0.4) is 0 Å². The minimum atomic E-state index is -0.215. The van der Waals surface area contributed by atoms with E-state index >= 15 is 0 Å². The van der Waals surface area contributed by atoms with Crippen molar-refractivity contribution >= 4 is 22.9 Å². The van der Waals surface area contributed by atoms with Crippen molar-refractivity contribution in [1.29, 1.82) is 0 Å². The zero-order chi connectivity index (χ0) is 14.7. The summed E-state index contributed by atoms with van der Waals surface area (Å²) in [6, 6.07) is 12.6. The second-order valence-corrected chi connectivity index (χ2v) is 5.25. The molecule has 0 fully saturated rings. The molecule has 0 saturated carbocycles. The van der Waals surface area contributed by atoms with Crippen LogP contribution in [0.25, 0.3) is 0 Å². The quantitative estimate of drug-likeness (QED) is 0.874. The Kier molecular flexibility index (Phi) is 4.35. The maximum atomic E-state index is 13.7. The normalized spacial score (nSPS) is 10.3. The SMILES string of the molecule is Cc1cc(C(N)=S)ccc1CN(C)c1ccccc1F. The van der Waals surface area contributed by atoms with Crippen LogP contribution >= 0.6 is 12.2 Å². The molecule has 4 heteroatoms. The number of hydrogen-bond acceptors (Lipinski definition) is 2. The predicted octanol–water partition coefficient (Wildman–Crippen LogP) is 3.40. The number of para-hydroxylation sites is 1. The van der Waals surface area contributed by atoms with Gasteiger partial charge in [0, 0.05) is 19.2 Å². The highest BCUT2D eigenvalue weighted by atomic mass is 32.1. The Morgan fingerprint density at radius 3 is 2.55 bits per heavy atom. The number of hydrogen-bond donors (Lipinski definition) is 1. The van der Waals surface area contributed by atoms with Gasteiger partial charge in [-0.1, -0.05) is 36.5 Å². The standard InChI is InChI=1S/C16H17FN2S/c1-11-9-12(16(18)20)7-8-13(11)10-19(2)15-6-4-3-5-14(15)17/h3-9H,10H2,1-2H3,(H2,18,20). The number of halogens is 1.